The minimum atomic E-state index is 0. The van der Waals surface area contributed by atoms with E-state index in [1.165, 1.54) is 0 Å². The predicted molar refractivity (Wildman–Crippen MR) is 93.4 cm³/mol. The maximum Gasteiger partial charge on any atom is 0.222 e. The van der Waals surface area contributed by atoms with Crippen LogP contribution in [0.3, 0.4) is 0 Å². The third-order valence-electron chi connectivity index (χ3n) is 3.87. The molecule has 0 radical (unpaired) electrons. The van der Waals surface area contributed by atoms with Gasteiger partial charge in [-0.15, -0.1) is 12.4 Å². The molecular weight excluding hydrogens is 375 g/mol. The molecule has 1 aromatic carbocycles. The molecule has 21 heavy (non-hydrogen) atoms. The van der Waals surface area contributed by atoms with Crippen LogP contribution in [0.4, 0.5) is 0 Å². The quantitative estimate of drug-likeness (QED) is 0.843. The first kappa shape index (κ1) is 18.8. The van der Waals surface area contributed by atoms with E-state index in [-0.39, 0.29) is 18.3 Å². The second-order valence-electron chi connectivity index (χ2n) is 5.22. The molecule has 1 aliphatic rings. The summed E-state index contributed by atoms with van der Waals surface area (Å²) in [6.45, 7) is 2.00. The molecule has 0 bridgehead atoms. The van der Waals surface area contributed by atoms with Crippen molar-refractivity contribution in [3.8, 4) is 0 Å². The van der Waals surface area contributed by atoms with E-state index in [1.807, 2.05) is 30.1 Å². The predicted octanol–water partition coefficient (Wildman–Crippen LogP) is 3.67. The number of nitrogens with zero attached hydrogens (tertiary/aromatic N) is 1. The molecule has 1 fully saturated rings. The van der Waals surface area contributed by atoms with Gasteiger partial charge in [-0.2, -0.15) is 0 Å². The van der Waals surface area contributed by atoms with Gasteiger partial charge in [0.05, 0.1) is 0 Å². The summed E-state index contributed by atoms with van der Waals surface area (Å²) in [7, 11) is 1.92. The van der Waals surface area contributed by atoms with E-state index in [1.54, 1.807) is 0 Å². The lowest BCUT2D eigenvalue weighted by Crippen LogP contribution is -2.44. The van der Waals surface area contributed by atoms with E-state index >= 15 is 0 Å². The van der Waals surface area contributed by atoms with Crippen LogP contribution in [0.25, 0.3) is 0 Å². The summed E-state index contributed by atoms with van der Waals surface area (Å²) in [5, 5.41) is 4.03. The molecule has 0 aromatic heterocycles. The average molecular weight is 396 g/mol. The SMILES string of the molecule is CN(C(=O)CCc1cc(Cl)ccc1Br)C1CCNCC1.Cl. The molecule has 1 aliphatic heterocycles. The number of rotatable bonds is 4. The summed E-state index contributed by atoms with van der Waals surface area (Å²) in [6.07, 6.45) is 3.33. The lowest BCUT2D eigenvalue weighted by atomic mass is 10.0. The van der Waals surface area contributed by atoms with Crippen molar-refractivity contribution in [2.75, 3.05) is 20.1 Å². The molecular formula is C15H21BrCl2N2O. The van der Waals surface area contributed by atoms with Crippen LogP contribution >= 0.6 is 39.9 Å². The minimum Gasteiger partial charge on any atom is -0.343 e. The summed E-state index contributed by atoms with van der Waals surface area (Å²) >= 11 is 9.50. The Hall–Kier alpha value is -0.290. The van der Waals surface area contributed by atoms with Crippen LogP contribution < -0.4 is 5.32 Å². The lowest BCUT2D eigenvalue weighted by molar-refractivity contribution is -0.132. The standard InChI is InChI=1S/C15H20BrClN2O.ClH/c1-19(13-6-8-18-9-7-13)15(20)5-2-11-10-12(17)3-4-14(11)16;/h3-4,10,13,18H,2,5-9H2,1H3;1H. The van der Waals surface area contributed by atoms with Gasteiger partial charge in [-0.05, 0) is 56.1 Å². The van der Waals surface area contributed by atoms with Crippen molar-refractivity contribution in [2.45, 2.75) is 31.7 Å². The lowest BCUT2D eigenvalue weighted by Gasteiger charge is -2.31. The highest BCUT2D eigenvalue weighted by molar-refractivity contribution is 9.10. The molecule has 1 saturated heterocycles. The second kappa shape index (κ2) is 8.99. The Morgan fingerprint density at radius 1 is 1.43 bits per heavy atom. The van der Waals surface area contributed by atoms with Crippen LogP contribution in [0.5, 0.6) is 0 Å². The molecule has 118 valence electrons. The first-order valence-electron chi connectivity index (χ1n) is 6.98. The fraction of sp³-hybridized carbons (Fsp3) is 0.533. The second-order valence-corrected chi connectivity index (χ2v) is 6.51. The molecule has 6 heteroatoms. The number of benzene rings is 1. The zero-order valence-electron chi connectivity index (χ0n) is 12.1. The number of hydrogen-bond acceptors (Lipinski definition) is 2. The van der Waals surface area contributed by atoms with Gasteiger partial charge in [-0.25, -0.2) is 0 Å². The van der Waals surface area contributed by atoms with E-state index in [2.05, 4.69) is 21.2 Å². The molecule has 0 aliphatic carbocycles. The molecule has 0 atom stereocenters. The number of aryl methyl sites for hydroxylation is 1. The molecule has 1 heterocycles. The zero-order chi connectivity index (χ0) is 14.5. The van der Waals surface area contributed by atoms with Gasteiger partial charge in [-0.3, -0.25) is 4.79 Å². The molecule has 3 nitrogen and oxygen atoms in total. The van der Waals surface area contributed by atoms with Crippen molar-refractivity contribution >= 4 is 45.8 Å². The van der Waals surface area contributed by atoms with Crippen LogP contribution in [0.2, 0.25) is 5.02 Å². The molecule has 0 spiro atoms. The highest BCUT2D eigenvalue weighted by Gasteiger charge is 2.21. The number of hydrogen-bond donors (Lipinski definition) is 1. The Labute approximate surface area is 146 Å². The van der Waals surface area contributed by atoms with Crippen molar-refractivity contribution in [1.29, 1.82) is 0 Å². The summed E-state index contributed by atoms with van der Waals surface area (Å²) in [5.74, 6) is 0.212. The molecule has 1 amide bonds. The van der Waals surface area contributed by atoms with Crippen LogP contribution in [0, 0.1) is 0 Å². The Morgan fingerprint density at radius 3 is 2.76 bits per heavy atom. The van der Waals surface area contributed by atoms with E-state index in [0.29, 0.717) is 17.5 Å². The molecule has 1 aromatic rings. The molecule has 0 saturated carbocycles. The first-order valence-corrected chi connectivity index (χ1v) is 8.15. The smallest absolute Gasteiger partial charge is 0.222 e. The van der Waals surface area contributed by atoms with Crippen molar-refractivity contribution in [1.82, 2.24) is 10.2 Å². The fourth-order valence-electron chi connectivity index (χ4n) is 2.55. The monoisotopic (exact) mass is 394 g/mol. The van der Waals surface area contributed by atoms with Crippen molar-refractivity contribution in [3.63, 3.8) is 0 Å². The zero-order valence-corrected chi connectivity index (χ0v) is 15.2. The van der Waals surface area contributed by atoms with Gasteiger partial charge in [0.15, 0.2) is 0 Å². The number of piperidine rings is 1. The summed E-state index contributed by atoms with van der Waals surface area (Å²) in [6, 6.07) is 6.08. The first-order chi connectivity index (χ1) is 9.58. The van der Waals surface area contributed by atoms with Gasteiger partial charge in [0.25, 0.3) is 0 Å². The van der Waals surface area contributed by atoms with E-state index in [4.69, 9.17) is 11.6 Å². The normalized spacial score (nSPS) is 15.4. The van der Waals surface area contributed by atoms with Crippen LogP contribution in [0.15, 0.2) is 22.7 Å². The summed E-state index contributed by atoms with van der Waals surface area (Å²) in [5.41, 5.74) is 1.09. The largest absolute Gasteiger partial charge is 0.343 e. The van der Waals surface area contributed by atoms with Crippen LogP contribution in [0.1, 0.15) is 24.8 Å². The number of nitrogens with one attached hydrogen (secondary N) is 1. The highest BCUT2D eigenvalue weighted by Crippen LogP contribution is 2.23. The molecule has 0 unspecified atom stereocenters. The number of carbonyl (C=O) groups is 1. The highest BCUT2D eigenvalue weighted by atomic mass is 79.9. The Bertz CT molecular complexity index is 479. The van der Waals surface area contributed by atoms with Gasteiger partial charge in [0, 0.05) is 29.0 Å². The van der Waals surface area contributed by atoms with Crippen LogP contribution in [-0.2, 0) is 11.2 Å². The van der Waals surface area contributed by atoms with Crippen molar-refractivity contribution in [2.24, 2.45) is 0 Å². The minimum absolute atomic E-state index is 0. The average Bonchev–Trinajstić information content (AvgIpc) is 2.48. The Balaban J connectivity index is 0.00000220. The third-order valence-corrected chi connectivity index (χ3v) is 4.87. The summed E-state index contributed by atoms with van der Waals surface area (Å²) in [4.78, 5) is 14.2. The molecule has 1 N–H and O–H groups in total. The van der Waals surface area contributed by atoms with Crippen molar-refractivity contribution < 1.29 is 4.79 Å². The topological polar surface area (TPSA) is 32.3 Å². The molecule has 2 rings (SSSR count). The maximum atomic E-state index is 12.3. The van der Waals surface area contributed by atoms with Gasteiger partial charge < -0.3 is 10.2 Å². The number of amides is 1. The fourth-order valence-corrected chi connectivity index (χ4v) is 3.19. The van der Waals surface area contributed by atoms with Gasteiger partial charge in [0.1, 0.15) is 0 Å². The van der Waals surface area contributed by atoms with Gasteiger partial charge in [0.2, 0.25) is 5.91 Å². The Morgan fingerprint density at radius 2 is 2.10 bits per heavy atom. The number of carbonyl (C=O) groups excluding carboxylic acids is 1. The van der Waals surface area contributed by atoms with E-state index in [9.17, 15) is 4.79 Å². The summed E-state index contributed by atoms with van der Waals surface area (Å²) < 4.78 is 1.01. The van der Waals surface area contributed by atoms with Gasteiger partial charge in [-0.1, -0.05) is 27.5 Å². The van der Waals surface area contributed by atoms with Crippen LogP contribution in [-0.4, -0.2) is 37.0 Å². The third kappa shape index (κ3) is 5.44. The van der Waals surface area contributed by atoms with Gasteiger partial charge >= 0.3 is 0 Å². The number of halogens is 3. The van der Waals surface area contributed by atoms with E-state index in [0.717, 1.165) is 42.4 Å². The van der Waals surface area contributed by atoms with E-state index < -0.39 is 0 Å². The Kier molecular flexibility index (Phi) is 8.03. The maximum absolute atomic E-state index is 12.3. The van der Waals surface area contributed by atoms with Crippen molar-refractivity contribution in [3.05, 3.63) is 33.3 Å².